The zero-order chi connectivity index (χ0) is 30.3. The molecule has 1 N–H and O–H groups in total. The van der Waals surface area contributed by atoms with Gasteiger partial charge < -0.3 is 10.2 Å². The lowest BCUT2D eigenvalue weighted by molar-refractivity contribution is -0.139. The molecule has 4 rings (SSSR count). The molecule has 0 aromatic heterocycles. The first-order valence-corrected chi connectivity index (χ1v) is 15.4. The molecule has 10 heteroatoms. The van der Waals surface area contributed by atoms with Gasteiger partial charge in [-0.1, -0.05) is 102 Å². The van der Waals surface area contributed by atoms with E-state index in [0.29, 0.717) is 0 Å². The average molecular weight is 625 g/mol. The molecule has 0 saturated heterocycles. The number of nitrogens with one attached hydrogen (secondary N) is 1. The third-order valence-electron chi connectivity index (χ3n) is 6.74. The van der Waals surface area contributed by atoms with Crippen molar-refractivity contribution in [3.05, 3.63) is 130 Å². The molecule has 4 aromatic rings. The van der Waals surface area contributed by atoms with E-state index in [1.54, 1.807) is 18.2 Å². The fourth-order valence-electron chi connectivity index (χ4n) is 4.54. The summed E-state index contributed by atoms with van der Waals surface area (Å²) in [5.41, 5.74) is 2.81. The van der Waals surface area contributed by atoms with Crippen LogP contribution in [0.3, 0.4) is 0 Å². The van der Waals surface area contributed by atoms with Crippen LogP contribution in [0.25, 0.3) is 0 Å². The monoisotopic (exact) mass is 623 g/mol. The second-order valence-corrected chi connectivity index (χ2v) is 12.5. The Hall–Kier alpha value is -3.85. The molecule has 7 nitrogen and oxygen atoms in total. The summed E-state index contributed by atoms with van der Waals surface area (Å²) in [6, 6.07) is 28.2. The number of sulfonamides is 1. The average Bonchev–Trinajstić information content (AvgIpc) is 2.98. The Morgan fingerprint density at radius 1 is 0.810 bits per heavy atom. The van der Waals surface area contributed by atoms with Crippen molar-refractivity contribution in [1.29, 1.82) is 0 Å². The Balaban J connectivity index is 1.80. The molecule has 0 heterocycles. The van der Waals surface area contributed by atoms with Gasteiger partial charge in [-0.2, -0.15) is 0 Å². The fourth-order valence-corrected chi connectivity index (χ4v) is 6.48. The second kappa shape index (κ2) is 13.9. The van der Waals surface area contributed by atoms with E-state index in [-0.39, 0.29) is 39.5 Å². The highest BCUT2D eigenvalue weighted by molar-refractivity contribution is 7.92. The van der Waals surface area contributed by atoms with Crippen LogP contribution in [0.15, 0.2) is 108 Å². The van der Waals surface area contributed by atoms with E-state index in [2.05, 4.69) is 5.32 Å². The van der Waals surface area contributed by atoms with E-state index in [1.165, 1.54) is 42.3 Å². The summed E-state index contributed by atoms with van der Waals surface area (Å²) in [6.07, 6.45) is 0.229. The van der Waals surface area contributed by atoms with Crippen LogP contribution in [0.5, 0.6) is 0 Å². The predicted molar refractivity (Wildman–Crippen MR) is 167 cm³/mol. The van der Waals surface area contributed by atoms with Gasteiger partial charge in [0.05, 0.1) is 10.6 Å². The number of carbonyl (C=O) groups excluding carboxylic acids is 2. The smallest absolute Gasteiger partial charge is 0.264 e. The highest BCUT2D eigenvalue weighted by Gasteiger charge is 2.34. The summed E-state index contributed by atoms with van der Waals surface area (Å²) in [7, 11) is -2.73. The molecule has 1 atom stereocenters. The number of hydrogen-bond acceptors (Lipinski definition) is 4. The lowest BCUT2D eigenvalue weighted by Gasteiger charge is -2.33. The van der Waals surface area contributed by atoms with Gasteiger partial charge in [-0.15, -0.1) is 0 Å². The van der Waals surface area contributed by atoms with Gasteiger partial charge in [0.15, 0.2) is 0 Å². The Bertz CT molecular complexity index is 1610. The number of halogens is 2. The van der Waals surface area contributed by atoms with Crippen molar-refractivity contribution in [2.24, 2.45) is 0 Å². The van der Waals surface area contributed by atoms with Crippen molar-refractivity contribution in [2.75, 3.05) is 17.9 Å². The Labute approximate surface area is 256 Å². The quantitative estimate of drug-likeness (QED) is 0.226. The molecule has 218 valence electrons. The lowest BCUT2D eigenvalue weighted by Crippen LogP contribution is -2.53. The van der Waals surface area contributed by atoms with Crippen LogP contribution in [-0.2, 0) is 32.6 Å². The van der Waals surface area contributed by atoms with Crippen LogP contribution in [0.4, 0.5) is 5.69 Å². The summed E-state index contributed by atoms with van der Waals surface area (Å²) in [5.74, 6) is -0.946. The number of anilines is 1. The topological polar surface area (TPSA) is 86.8 Å². The summed E-state index contributed by atoms with van der Waals surface area (Å²) < 4.78 is 28.9. The summed E-state index contributed by atoms with van der Waals surface area (Å²) in [5, 5.41) is 3.09. The van der Waals surface area contributed by atoms with E-state index in [9.17, 15) is 18.0 Å². The number of rotatable bonds is 11. The summed E-state index contributed by atoms with van der Waals surface area (Å²) >= 11 is 12.5. The molecule has 0 aliphatic carbocycles. The Kier molecular flexibility index (Phi) is 10.3. The van der Waals surface area contributed by atoms with Gasteiger partial charge in [-0.25, -0.2) is 8.42 Å². The Morgan fingerprint density at radius 2 is 1.38 bits per heavy atom. The van der Waals surface area contributed by atoms with Gasteiger partial charge in [0.2, 0.25) is 11.8 Å². The number of hydrogen-bond donors (Lipinski definition) is 1. The second-order valence-electron chi connectivity index (χ2n) is 9.78. The minimum absolute atomic E-state index is 0.00822. The van der Waals surface area contributed by atoms with E-state index >= 15 is 0 Å². The number of carbonyl (C=O) groups is 2. The fraction of sp³-hybridized carbons (Fsp3) is 0.188. The highest BCUT2D eigenvalue weighted by Crippen LogP contribution is 2.30. The van der Waals surface area contributed by atoms with Crippen molar-refractivity contribution < 1.29 is 18.0 Å². The third kappa shape index (κ3) is 7.70. The van der Waals surface area contributed by atoms with Gasteiger partial charge in [0.1, 0.15) is 12.6 Å². The lowest BCUT2D eigenvalue weighted by atomic mass is 10.0. The molecule has 0 aliphatic rings. The summed E-state index contributed by atoms with van der Waals surface area (Å²) in [4.78, 5) is 29.0. The molecule has 0 unspecified atom stereocenters. The molecule has 0 fully saturated rings. The van der Waals surface area contributed by atoms with E-state index in [1.807, 2.05) is 61.5 Å². The van der Waals surface area contributed by atoms with E-state index in [4.69, 9.17) is 23.2 Å². The molecule has 2 amide bonds. The maximum atomic E-state index is 14.3. The van der Waals surface area contributed by atoms with Crippen molar-refractivity contribution >= 4 is 50.7 Å². The minimum Gasteiger partial charge on any atom is -0.357 e. The molecule has 0 aliphatic heterocycles. The van der Waals surface area contributed by atoms with Crippen LogP contribution in [0.1, 0.15) is 16.7 Å². The first-order chi connectivity index (χ1) is 20.1. The van der Waals surface area contributed by atoms with E-state index < -0.39 is 28.5 Å². The van der Waals surface area contributed by atoms with Crippen molar-refractivity contribution in [3.63, 3.8) is 0 Å². The first kappa shape index (κ1) is 31.1. The van der Waals surface area contributed by atoms with Crippen LogP contribution in [0.2, 0.25) is 10.0 Å². The SMILES string of the molecule is CNC(=O)[C@@H](Cc1ccccc1)N(Cc1ccc(C)cc1)C(=O)CN(c1cc(Cl)cc(Cl)c1)S(=O)(=O)c1ccccc1. The van der Waals surface area contributed by atoms with E-state index in [0.717, 1.165) is 21.0 Å². The number of likely N-dealkylation sites (N-methyl/N-ethyl adjacent to an activating group) is 1. The van der Waals surface area contributed by atoms with Gasteiger partial charge in [0, 0.05) is 30.1 Å². The molecule has 0 bridgehead atoms. The molecular weight excluding hydrogens is 593 g/mol. The molecule has 42 heavy (non-hydrogen) atoms. The van der Waals surface area contributed by atoms with Crippen LogP contribution in [-0.4, -0.2) is 44.8 Å². The summed E-state index contributed by atoms with van der Waals surface area (Å²) in [6.45, 7) is 1.44. The normalized spacial score (nSPS) is 11.9. The molecule has 0 radical (unpaired) electrons. The Morgan fingerprint density at radius 3 is 1.95 bits per heavy atom. The number of aryl methyl sites for hydroxylation is 1. The largest absolute Gasteiger partial charge is 0.357 e. The molecule has 4 aromatic carbocycles. The van der Waals surface area contributed by atoms with Crippen molar-refractivity contribution in [2.45, 2.75) is 30.8 Å². The van der Waals surface area contributed by atoms with Crippen molar-refractivity contribution in [1.82, 2.24) is 10.2 Å². The number of benzene rings is 4. The van der Waals surface area contributed by atoms with Crippen LogP contribution < -0.4 is 9.62 Å². The third-order valence-corrected chi connectivity index (χ3v) is 8.96. The molecule has 0 spiro atoms. The van der Waals surface area contributed by atoms with Gasteiger partial charge in [-0.3, -0.25) is 13.9 Å². The molecular formula is C32H31Cl2N3O4S. The van der Waals surface area contributed by atoms with Gasteiger partial charge in [-0.05, 0) is 48.4 Å². The maximum Gasteiger partial charge on any atom is 0.264 e. The zero-order valence-electron chi connectivity index (χ0n) is 23.2. The molecule has 0 saturated carbocycles. The number of amides is 2. The minimum atomic E-state index is -4.24. The maximum absolute atomic E-state index is 14.3. The zero-order valence-corrected chi connectivity index (χ0v) is 25.5. The standard InChI is InChI=1S/C32H31Cl2N3O4S/c1-23-13-15-25(16-14-23)21-36(30(32(39)35-2)17-24-9-5-3-6-10-24)31(38)22-37(28-19-26(33)18-27(34)20-28)42(40,41)29-11-7-4-8-12-29/h3-16,18-20,30H,17,21-22H2,1-2H3,(H,35,39)/t30-/m1/s1. The van der Waals surface area contributed by atoms with Crippen LogP contribution >= 0.6 is 23.2 Å². The van der Waals surface area contributed by atoms with Gasteiger partial charge in [0.25, 0.3) is 10.0 Å². The first-order valence-electron chi connectivity index (χ1n) is 13.2. The van der Waals surface area contributed by atoms with Crippen molar-refractivity contribution in [3.8, 4) is 0 Å². The highest BCUT2D eigenvalue weighted by atomic mass is 35.5. The number of nitrogens with zero attached hydrogens (tertiary/aromatic N) is 2. The van der Waals surface area contributed by atoms with Crippen LogP contribution in [0, 0.1) is 6.92 Å². The predicted octanol–water partition coefficient (Wildman–Crippen LogP) is 5.88. The van der Waals surface area contributed by atoms with Gasteiger partial charge >= 0.3 is 0 Å².